The second-order valence-electron chi connectivity index (χ2n) is 8.80. The number of carbonyl (C=O) groups is 3. The van der Waals surface area contributed by atoms with Gasteiger partial charge in [0.2, 0.25) is 0 Å². The van der Waals surface area contributed by atoms with Gasteiger partial charge in [0.1, 0.15) is 10.6 Å². The van der Waals surface area contributed by atoms with Crippen molar-refractivity contribution in [3.63, 3.8) is 0 Å². The first-order valence-electron chi connectivity index (χ1n) is 11.5. The van der Waals surface area contributed by atoms with Gasteiger partial charge in [-0.05, 0) is 50.1 Å². The van der Waals surface area contributed by atoms with Gasteiger partial charge in [-0.1, -0.05) is 12.1 Å². The second-order valence-corrected chi connectivity index (χ2v) is 9.60. The SMILES string of the molecule is COc1cccc(CN2C(=O)N[C@@](C)(C3CCN(C(=O)c4cccnc4SC)CC3)C2=O)c1OC. The highest BCUT2D eigenvalue weighted by atomic mass is 32.2. The molecule has 0 unspecified atom stereocenters. The molecule has 10 heteroatoms. The van der Waals surface area contributed by atoms with Crippen molar-refractivity contribution < 1.29 is 23.9 Å². The van der Waals surface area contributed by atoms with E-state index in [9.17, 15) is 14.4 Å². The zero-order chi connectivity index (χ0) is 25.2. The molecule has 0 radical (unpaired) electrons. The Kier molecular flexibility index (Phi) is 7.20. The first-order chi connectivity index (χ1) is 16.8. The number of piperidine rings is 1. The molecule has 1 N–H and O–H groups in total. The van der Waals surface area contributed by atoms with E-state index in [-0.39, 0.29) is 24.3 Å². The number of likely N-dealkylation sites (tertiary alicyclic amines) is 1. The van der Waals surface area contributed by atoms with Crippen molar-refractivity contribution in [1.29, 1.82) is 0 Å². The van der Waals surface area contributed by atoms with Crippen LogP contribution >= 0.6 is 11.8 Å². The summed E-state index contributed by atoms with van der Waals surface area (Å²) in [5.74, 6) is 0.619. The number of thioether (sulfide) groups is 1. The third-order valence-corrected chi connectivity index (χ3v) is 7.62. The Labute approximate surface area is 209 Å². The number of aromatic nitrogens is 1. The number of amides is 4. The summed E-state index contributed by atoms with van der Waals surface area (Å²) in [6, 6.07) is 8.50. The molecule has 2 saturated heterocycles. The van der Waals surface area contributed by atoms with Crippen molar-refractivity contribution in [2.45, 2.75) is 36.9 Å². The molecule has 9 nitrogen and oxygen atoms in total. The summed E-state index contributed by atoms with van der Waals surface area (Å²) in [5, 5.41) is 3.63. The maximum Gasteiger partial charge on any atom is 0.325 e. The minimum atomic E-state index is -1.03. The van der Waals surface area contributed by atoms with Crippen molar-refractivity contribution in [3.8, 4) is 11.5 Å². The first kappa shape index (κ1) is 24.8. The smallest absolute Gasteiger partial charge is 0.325 e. The molecule has 4 rings (SSSR count). The van der Waals surface area contributed by atoms with Gasteiger partial charge in [0, 0.05) is 24.8 Å². The van der Waals surface area contributed by atoms with Gasteiger partial charge in [0.25, 0.3) is 11.8 Å². The topological polar surface area (TPSA) is 101 Å². The van der Waals surface area contributed by atoms with Gasteiger partial charge in [-0.15, -0.1) is 11.8 Å². The Morgan fingerprint density at radius 1 is 1.17 bits per heavy atom. The normalized spacial score (nSPS) is 20.7. The molecular weight excluding hydrogens is 468 g/mol. The fourth-order valence-electron chi connectivity index (χ4n) is 4.93. The van der Waals surface area contributed by atoms with E-state index in [1.54, 1.807) is 49.4 Å². The van der Waals surface area contributed by atoms with Gasteiger partial charge in [-0.3, -0.25) is 14.5 Å². The molecular formula is C25H30N4O5S. The van der Waals surface area contributed by atoms with Crippen LogP contribution in [0.3, 0.4) is 0 Å². The maximum absolute atomic E-state index is 13.5. The predicted molar refractivity (Wildman–Crippen MR) is 132 cm³/mol. The number of benzene rings is 1. The minimum absolute atomic E-state index is 0.0559. The number of imide groups is 1. The van der Waals surface area contributed by atoms with Gasteiger partial charge in [0.15, 0.2) is 11.5 Å². The van der Waals surface area contributed by atoms with Gasteiger partial charge in [-0.2, -0.15) is 0 Å². The van der Waals surface area contributed by atoms with Crippen LogP contribution in [0.4, 0.5) is 4.79 Å². The molecule has 3 heterocycles. The largest absolute Gasteiger partial charge is 0.493 e. The fraction of sp³-hybridized carbons (Fsp3) is 0.440. The van der Waals surface area contributed by atoms with Crippen molar-refractivity contribution in [2.75, 3.05) is 33.6 Å². The van der Waals surface area contributed by atoms with Crippen LogP contribution in [-0.4, -0.2) is 71.7 Å². The molecule has 0 aliphatic carbocycles. The number of hydrogen-bond donors (Lipinski definition) is 1. The number of pyridine rings is 1. The zero-order valence-corrected chi connectivity index (χ0v) is 21.2. The third-order valence-electron chi connectivity index (χ3n) is 6.91. The number of nitrogens with one attached hydrogen (secondary N) is 1. The van der Waals surface area contributed by atoms with E-state index in [1.807, 2.05) is 12.3 Å². The van der Waals surface area contributed by atoms with Crippen LogP contribution < -0.4 is 14.8 Å². The van der Waals surface area contributed by atoms with Crippen molar-refractivity contribution in [2.24, 2.45) is 5.92 Å². The molecule has 2 aromatic rings. The number of para-hydroxylation sites is 1. The zero-order valence-electron chi connectivity index (χ0n) is 20.4. The molecule has 4 amide bonds. The molecule has 0 bridgehead atoms. The molecule has 186 valence electrons. The summed E-state index contributed by atoms with van der Waals surface area (Å²) in [6.45, 7) is 2.88. The number of ether oxygens (including phenoxy) is 2. The highest BCUT2D eigenvalue weighted by Crippen LogP contribution is 2.37. The Morgan fingerprint density at radius 3 is 2.57 bits per heavy atom. The summed E-state index contributed by atoms with van der Waals surface area (Å²) in [4.78, 5) is 46.8. The maximum atomic E-state index is 13.5. The molecule has 0 spiro atoms. The molecule has 0 saturated carbocycles. The minimum Gasteiger partial charge on any atom is -0.493 e. The van der Waals surface area contributed by atoms with Crippen LogP contribution in [0.1, 0.15) is 35.7 Å². The summed E-state index contributed by atoms with van der Waals surface area (Å²) in [6.07, 6.45) is 4.79. The summed E-state index contributed by atoms with van der Waals surface area (Å²) in [5.41, 5.74) is 0.242. The van der Waals surface area contributed by atoms with E-state index in [2.05, 4.69) is 10.3 Å². The van der Waals surface area contributed by atoms with Gasteiger partial charge in [0.05, 0.1) is 26.3 Å². The standard InChI is InChI=1S/C25H30N4O5S/c1-25(17-10-13-28(14-11-17)22(30)18-8-6-12-26-21(18)35-4)23(31)29(24(32)27-25)15-16-7-5-9-19(33-2)20(16)34-3/h5-9,12,17H,10-11,13-15H2,1-4H3,(H,27,32)/t25-/m0/s1. The number of hydrogen-bond acceptors (Lipinski definition) is 7. The van der Waals surface area contributed by atoms with Crippen LogP contribution in [0.2, 0.25) is 0 Å². The van der Waals surface area contributed by atoms with Crippen molar-refractivity contribution >= 4 is 29.6 Å². The molecule has 35 heavy (non-hydrogen) atoms. The van der Waals surface area contributed by atoms with Crippen LogP contribution in [0.5, 0.6) is 11.5 Å². The van der Waals surface area contributed by atoms with Gasteiger partial charge in [-0.25, -0.2) is 9.78 Å². The fourth-order valence-corrected chi connectivity index (χ4v) is 5.47. The van der Waals surface area contributed by atoms with E-state index in [0.717, 1.165) is 0 Å². The van der Waals surface area contributed by atoms with Crippen molar-refractivity contribution in [3.05, 3.63) is 47.7 Å². The van der Waals surface area contributed by atoms with Crippen LogP contribution in [0.15, 0.2) is 41.6 Å². The average molecular weight is 499 g/mol. The quantitative estimate of drug-likeness (QED) is 0.462. The molecule has 1 atom stereocenters. The Hall–Kier alpha value is -3.27. The first-order valence-corrected chi connectivity index (χ1v) is 12.7. The van der Waals surface area contributed by atoms with Crippen LogP contribution in [0.25, 0.3) is 0 Å². The van der Waals surface area contributed by atoms with E-state index in [4.69, 9.17) is 9.47 Å². The van der Waals surface area contributed by atoms with E-state index >= 15 is 0 Å². The Balaban J connectivity index is 1.46. The Morgan fingerprint density at radius 2 is 1.91 bits per heavy atom. The monoisotopic (exact) mass is 498 g/mol. The lowest BCUT2D eigenvalue weighted by Gasteiger charge is -2.39. The van der Waals surface area contributed by atoms with E-state index < -0.39 is 11.6 Å². The number of urea groups is 1. The lowest BCUT2D eigenvalue weighted by Crippen LogP contribution is -2.54. The molecule has 2 fully saturated rings. The average Bonchev–Trinajstić information content (AvgIpc) is 3.11. The summed E-state index contributed by atoms with van der Waals surface area (Å²) >= 11 is 1.44. The predicted octanol–water partition coefficient (Wildman–Crippen LogP) is 3.18. The number of carbonyl (C=O) groups excluding carboxylic acids is 3. The third kappa shape index (κ3) is 4.54. The van der Waals surface area contributed by atoms with E-state index in [1.165, 1.54) is 23.8 Å². The molecule has 1 aromatic carbocycles. The van der Waals surface area contributed by atoms with Gasteiger partial charge < -0.3 is 19.7 Å². The lowest BCUT2D eigenvalue weighted by atomic mass is 9.78. The molecule has 1 aromatic heterocycles. The molecule has 2 aliphatic rings. The number of methoxy groups -OCH3 is 2. The number of nitrogens with zero attached hydrogens (tertiary/aromatic N) is 3. The summed E-state index contributed by atoms with van der Waals surface area (Å²) in [7, 11) is 3.07. The number of rotatable bonds is 7. The second kappa shape index (κ2) is 10.2. The van der Waals surface area contributed by atoms with Crippen LogP contribution in [0, 0.1) is 5.92 Å². The van der Waals surface area contributed by atoms with Crippen molar-refractivity contribution in [1.82, 2.24) is 20.1 Å². The summed E-state index contributed by atoms with van der Waals surface area (Å²) < 4.78 is 10.8. The lowest BCUT2D eigenvalue weighted by molar-refractivity contribution is -0.133. The highest BCUT2D eigenvalue weighted by Gasteiger charge is 2.53. The van der Waals surface area contributed by atoms with E-state index in [0.29, 0.717) is 53.6 Å². The van der Waals surface area contributed by atoms with Gasteiger partial charge >= 0.3 is 6.03 Å². The Bertz CT molecular complexity index is 1130. The highest BCUT2D eigenvalue weighted by molar-refractivity contribution is 7.98. The van der Waals surface area contributed by atoms with Crippen LogP contribution in [-0.2, 0) is 11.3 Å². The molecule has 2 aliphatic heterocycles.